The van der Waals surface area contributed by atoms with E-state index in [0.29, 0.717) is 18.8 Å². The minimum Gasteiger partial charge on any atom is -0.481 e. The Morgan fingerprint density at radius 2 is 2.05 bits per heavy atom. The first-order valence-corrected chi connectivity index (χ1v) is 8.45. The van der Waals surface area contributed by atoms with Crippen LogP contribution in [-0.2, 0) is 9.59 Å². The quantitative estimate of drug-likeness (QED) is 0.817. The molecule has 3 atom stereocenters. The lowest BCUT2D eigenvalue weighted by Gasteiger charge is -2.15. The Balaban J connectivity index is 2.09. The minimum absolute atomic E-state index is 0.170. The second kappa shape index (κ2) is 6.98. The van der Waals surface area contributed by atoms with Crippen molar-refractivity contribution in [1.82, 2.24) is 0 Å². The summed E-state index contributed by atoms with van der Waals surface area (Å²) < 4.78 is 0. The number of carboxylic acids is 1. The van der Waals surface area contributed by atoms with Crippen LogP contribution < -0.4 is 5.32 Å². The lowest BCUT2D eigenvalue weighted by molar-refractivity contribution is -0.145. The van der Waals surface area contributed by atoms with Gasteiger partial charge in [0, 0.05) is 10.6 Å². The first kappa shape index (κ1) is 15.9. The van der Waals surface area contributed by atoms with E-state index in [1.807, 2.05) is 37.4 Å². The Bertz CT molecular complexity index is 532. The standard InChI is InChI=1S/C16H21NO3S/c1-3-10-7-13(14(8-10)16(19)20)15(18)17-11-5-4-6-12(9-11)21-2/h4-6,9-10,13-14H,3,7-8H2,1-2H3,(H,17,18)(H,19,20). The van der Waals surface area contributed by atoms with E-state index in [1.54, 1.807) is 11.8 Å². The van der Waals surface area contributed by atoms with Crippen molar-refractivity contribution in [2.24, 2.45) is 17.8 Å². The summed E-state index contributed by atoms with van der Waals surface area (Å²) in [5.41, 5.74) is 0.732. The molecule has 0 bridgehead atoms. The molecule has 4 nitrogen and oxygen atoms in total. The fraction of sp³-hybridized carbons (Fsp3) is 0.500. The molecule has 1 fully saturated rings. The number of hydrogen-bond donors (Lipinski definition) is 2. The third kappa shape index (κ3) is 3.79. The van der Waals surface area contributed by atoms with E-state index in [2.05, 4.69) is 5.32 Å². The van der Waals surface area contributed by atoms with Crippen molar-refractivity contribution in [3.63, 3.8) is 0 Å². The fourth-order valence-corrected chi connectivity index (χ4v) is 3.43. The minimum atomic E-state index is -0.857. The molecular formula is C16H21NO3S. The highest BCUT2D eigenvalue weighted by atomic mass is 32.2. The zero-order valence-electron chi connectivity index (χ0n) is 12.3. The molecule has 1 saturated carbocycles. The van der Waals surface area contributed by atoms with Gasteiger partial charge in [0.2, 0.25) is 5.91 Å². The molecule has 1 aliphatic rings. The van der Waals surface area contributed by atoms with Gasteiger partial charge in [0.05, 0.1) is 11.8 Å². The molecule has 114 valence electrons. The van der Waals surface area contributed by atoms with Crippen LogP contribution in [-0.4, -0.2) is 23.2 Å². The number of hydrogen-bond acceptors (Lipinski definition) is 3. The maximum atomic E-state index is 12.4. The van der Waals surface area contributed by atoms with Crippen LogP contribution in [0.1, 0.15) is 26.2 Å². The Hall–Kier alpha value is -1.49. The van der Waals surface area contributed by atoms with Gasteiger partial charge in [0.25, 0.3) is 0 Å². The molecule has 3 unspecified atom stereocenters. The molecule has 1 amide bonds. The monoisotopic (exact) mass is 307 g/mol. The Morgan fingerprint density at radius 3 is 2.67 bits per heavy atom. The van der Waals surface area contributed by atoms with E-state index in [9.17, 15) is 14.7 Å². The first-order chi connectivity index (χ1) is 10.0. The summed E-state index contributed by atoms with van der Waals surface area (Å²) in [6.07, 6.45) is 4.18. The summed E-state index contributed by atoms with van der Waals surface area (Å²) in [7, 11) is 0. The van der Waals surface area contributed by atoms with Crippen molar-refractivity contribution in [2.45, 2.75) is 31.1 Å². The summed E-state index contributed by atoms with van der Waals surface area (Å²) in [5, 5.41) is 12.2. The molecule has 0 aromatic heterocycles. The van der Waals surface area contributed by atoms with Crippen molar-refractivity contribution >= 4 is 29.3 Å². The molecular weight excluding hydrogens is 286 g/mol. The zero-order chi connectivity index (χ0) is 15.4. The van der Waals surface area contributed by atoms with Crippen LogP contribution >= 0.6 is 11.8 Å². The first-order valence-electron chi connectivity index (χ1n) is 7.22. The van der Waals surface area contributed by atoms with Crippen LogP contribution in [0.4, 0.5) is 5.69 Å². The van der Waals surface area contributed by atoms with Crippen molar-refractivity contribution in [3.05, 3.63) is 24.3 Å². The lowest BCUT2D eigenvalue weighted by atomic mass is 9.95. The van der Waals surface area contributed by atoms with Gasteiger partial charge >= 0.3 is 5.97 Å². The van der Waals surface area contributed by atoms with E-state index in [-0.39, 0.29) is 5.91 Å². The van der Waals surface area contributed by atoms with E-state index in [1.165, 1.54) is 0 Å². The summed E-state index contributed by atoms with van der Waals surface area (Å²) >= 11 is 1.61. The molecule has 21 heavy (non-hydrogen) atoms. The van der Waals surface area contributed by atoms with Gasteiger partial charge < -0.3 is 10.4 Å². The van der Waals surface area contributed by atoms with Crippen molar-refractivity contribution in [2.75, 3.05) is 11.6 Å². The van der Waals surface area contributed by atoms with Crippen LogP contribution in [0.2, 0.25) is 0 Å². The van der Waals surface area contributed by atoms with E-state index < -0.39 is 17.8 Å². The maximum absolute atomic E-state index is 12.4. The van der Waals surface area contributed by atoms with Crippen molar-refractivity contribution < 1.29 is 14.7 Å². The Labute approximate surface area is 129 Å². The molecule has 2 rings (SSSR count). The molecule has 0 radical (unpaired) electrons. The van der Waals surface area contributed by atoms with Gasteiger partial charge in [-0.3, -0.25) is 9.59 Å². The van der Waals surface area contributed by atoms with Gasteiger partial charge in [-0.25, -0.2) is 0 Å². The van der Waals surface area contributed by atoms with Gasteiger partial charge in [0.15, 0.2) is 0 Å². The highest BCUT2D eigenvalue weighted by Crippen LogP contribution is 2.39. The zero-order valence-corrected chi connectivity index (χ0v) is 13.2. The smallest absolute Gasteiger partial charge is 0.307 e. The number of carbonyl (C=O) groups is 2. The lowest BCUT2D eigenvalue weighted by Crippen LogP contribution is -2.29. The average Bonchev–Trinajstić information content (AvgIpc) is 2.92. The van der Waals surface area contributed by atoms with E-state index in [0.717, 1.165) is 17.0 Å². The van der Waals surface area contributed by atoms with Gasteiger partial charge in [-0.1, -0.05) is 19.4 Å². The van der Waals surface area contributed by atoms with Crippen LogP contribution in [0, 0.1) is 17.8 Å². The highest BCUT2D eigenvalue weighted by Gasteiger charge is 2.42. The molecule has 0 saturated heterocycles. The fourth-order valence-electron chi connectivity index (χ4n) is 2.97. The van der Waals surface area contributed by atoms with Crippen LogP contribution in [0.15, 0.2) is 29.2 Å². The third-order valence-electron chi connectivity index (χ3n) is 4.23. The second-order valence-corrected chi connectivity index (χ2v) is 6.40. The molecule has 0 aliphatic heterocycles. The average molecular weight is 307 g/mol. The molecule has 0 heterocycles. The van der Waals surface area contributed by atoms with Crippen LogP contribution in [0.5, 0.6) is 0 Å². The number of rotatable bonds is 5. The molecule has 1 aromatic rings. The molecule has 1 aliphatic carbocycles. The van der Waals surface area contributed by atoms with E-state index in [4.69, 9.17) is 0 Å². The number of aliphatic carboxylic acids is 1. The molecule has 2 N–H and O–H groups in total. The number of anilines is 1. The number of amides is 1. The summed E-state index contributed by atoms with van der Waals surface area (Å²) in [6, 6.07) is 7.60. The highest BCUT2D eigenvalue weighted by molar-refractivity contribution is 7.98. The SMILES string of the molecule is CCC1CC(C(=O)O)C(C(=O)Nc2cccc(SC)c2)C1. The largest absolute Gasteiger partial charge is 0.481 e. The number of thioether (sulfide) groups is 1. The van der Waals surface area contributed by atoms with Crippen LogP contribution in [0.25, 0.3) is 0 Å². The predicted molar refractivity (Wildman–Crippen MR) is 84.5 cm³/mol. The maximum Gasteiger partial charge on any atom is 0.307 e. The summed E-state index contributed by atoms with van der Waals surface area (Å²) in [5.74, 6) is -1.68. The number of nitrogens with one attached hydrogen (secondary N) is 1. The normalized spacial score (nSPS) is 24.8. The molecule has 0 spiro atoms. The number of carboxylic acid groups (broad SMARTS) is 1. The van der Waals surface area contributed by atoms with Gasteiger partial charge in [0.1, 0.15) is 0 Å². The Kier molecular flexibility index (Phi) is 5.28. The van der Waals surface area contributed by atoms with Gasteiger partial charge in [-0.2, -0.15) is 0 Å². The Morgan fingerprint density at radius 1 is 1.33 bits per heavy atom. The van der Waals surface area contributed by atoms with E-state index >= 15 is 0 Å². The van der Waals surface area contributed by atoms with Crippen LogP contribution in [0.3, 0.4) is 0 Å². The van der Waals surface area contributed by atoms with Crippen molar-refractivity contribution in [3.8, 4) is 0 Å². The molecule has 5 heteroatoms. The van der Waals surface area contributed by atoms with Gasteiger partial charge in [-0.05, 0) is 43.2 Å². The second-order valence-electron chi connectivity index (χ2n) is 5.52. The topological polar surface area (TPSA) is 66.4 Å². The number of carbonyl (C=O) groups excluding carboxylic acids is 1. The van der Waals surface area contributed by atoms with Gasteiger partial charge in [-0.15, -0.1) is 11.8 Å². The van der Waals surface area contributed by atoms with Crippen molar-refractivity contribution in [1.29, 1.82) is 0 Å². The summed E-state index contributed by atoms with van der Waals surface area (Å²) in [6.45, 7) is 2.05. The molecule has 1 aromatic carbocycles. The summed E-state index contributed by atoms with van der Waals surface area (Å²) in [4.78, 5) is 24.8. The predicted octanol–water partition coefficient (Wildman–Crippen LogP) is 3.48. The third-order valence-corrected chi connectivity index (χ3v) is 4.95. The number of benzene rings is 1.